The zero-order valence-electron chi connectivity index (χ0n) is 21.3. The summed E-state index contributed by atoms with van der Waals surface area (Å²) in [5.41, 5.74) is 6.58. The molecule has 0 saturated carbocycles. The lowest BCUT2D eigenvalue weighted by atomic mass is 10.0. The van der Waals surface area contributed by atoms with Crippen molar-refractivity contribution in [3.63, 3.8) is 0 Å². The minimum Gasteiger partial charge on any atom is -0.508 e. The lowest BCUT2D eigenvalue weighted by Gasteiger charge is -2.25. The molecular weight excluding hydrogens is 536 g/mol. The Morgan fingerprint density at radius 1 is 0.769 bits per heavy atom. The van der Waals surface area contributed by atoms with Gasteiger partial charge in [-0.3, -0.25) is 24.0 Å². The van der Waals surface area contributed by atoms with Crippen LogP contribution in [0.4, 0.5) is 0 Å². The molecule has 0 aliphatic heterocycles. The van der Waals surface area contributed by atoms with E-state index in [0.717, 1.165) is 0 Å². The third kappa shape index (κ3) is 13.0. The number of carbonyl (C=O) groups excluding carboxylic acids is 3. The standard InChI is InChI=1S/C24H34N4O10S/c1-39-11-10-17(23(36)28-18(24(37)38)7-9-20(32)33)27-22(35)16(6-8-19(30)31)26-21(34)15(25)12-13-2-4-14(29)5-3-13/h2-5,15-18,29H,6-12,25H2,1H3,(H,26,34)(H,27,35)(H,28,36)(H,30,31)(H,32,33)(H,37,38). The lowest BCUT2D eigenvalue weighted by Crippen LogP contribution is -2.57. The van der Waals surface area contributed by atoms with Gasteiger partial charge in [0.2, 0.25) is 17.7 Å². The number of carboxylic acids is 3. The molecule has 0 bridgehead atoms. The third-order valence-electron chi connectivity index (χ3n) is 5.51. The number of hydrogen-bond donors (Lipinski definition) is 8. The number of rotatable bonds is 18. The van der Waals surface area contributed by atoms with E-state index in [9.17, 15) is 39.0 Å². The molecule has 0 spiro atoms. The van der Waals surface area contributed by atoms with Gasteiger partial charge in [-0.15, -0.1) is 0 Å². The van der Waals surface area contributed by atoms with Crippen LogP contribution in [0.2, 0.25) is 0 Å². The minimum atomic E-state index is -1.51. The van der Waals surface area contributed by atoms with Gasteiger partial charge in [0, 0.05) is 12.8 Å². The Balaban J connectivity index is 2.98. The number of hydrogen-bond acceptors (Lipinski definition) is 9. The van der Waals surface area contributed by atoms with Crippen molar-refractivity contribution in [3.8, 4) is 5.75 Å². The van der Waals surface area contributed by atoms with Crippen molar-refractivity contribution in [1.82, 2.24) is 16.0 Å². The van der Waals surface area contributed by atoms with Gasteiger partial charge in [-0.05, 0) is 55.4 Å². The molecule has 0 radical (unpaired) electrons. The van der Waals surface area contributed by atoms with Gasteiger partial charge in [0.1, 0.15) is 23.9 Å². The first kappa shape index (κ1) is 33.2. The number of benzene rings is 1. The van der Waals surface area contributed by atoms with Crippen molar-refractivity contribution in [2.75, 3.05) is 12.0 Å². The van der Waals surface area contributed by atoms with E-state index in [2.05, 4.69) is 16.0 Å². The summed E-state index contributed by atoms with van der Waals surface area (Å²) in [5.74, 6) is -6.01. The molecule has 3 amide bonds. The minimum absolute atomic E-state index is 0.0267. The molecule has 0 aliphatic carbocycles. The Morgan fingerprint density at radius 3 is 1.72 bits per heavy atom. The zero-order chi connectivity index (χ0) is 29.5. The number of amides is 3. The van der Waals surface area contributed by atoms with Crippen LogP contribution in [0.15, 0.2) is 24.3 Å². The van der Waals surface area contributed by atoms with Crippen molar-refractivity contribution >= 4 is 47.4 Å². The van der Waals surface area contributed by atoms with E-state index >= 15 is 0 Å². The molecule has 216 valence electrons. The summed E-state index contributed by atoms with van der Waals surface area (Å²) >= 11 is 1.35. The Kier molecular flexibility index (Phi) is 14.4. The van der Waals surface area contributed by atoms with Gasteiger partial charge in [0.15, 0.2) is 0 Å². The van der Waals surface area contributed by atoms with Crippen LogP contribution in [0.5, 0.6) is 5.75 Å². The van der Waals surface area contributed by atoms with Gasteiger partial charge in [-0.25, -0.2) is 4.79 Å². The highest BCUT2D eigenvalue weighted by Crippen LogP contribution is 2.11. The summed E-state index contributed by atoms with van der Waals surface area (Å²) in [5, 5.41) is 43.7. The van der Waals surface area contributed by atoms with Crippen molar-refractivity contribution in [3.05, 3.63) is 29.8 Å². The molecule has 39 heavy (non-hydrogen) atoms. The quantitative estimate of drug-likeness (QED) is 0.109. The first-order valence-electron chi connectivity index (χ1n) is 11.9. The average molecular weight is 571 g/mol. The summed E-state index contributed by atoms with van der Waals surface area (Å²) in [6.07, 6.45) is 0.197. The van der Waals surface area contributed by atoms with Gasteiger partial charge < -0.3 is 42.1 Å². The summed E-state index contributed by atoms with van der Waals surface area (Å²) < 4.78 is 0. The maximum Gasteiger partial charge on any atom is 0.326 e. The van der Waals surface area contributed by atoms with E-state index in [1.165, 1.54) is 23.9 Å². The van der Waals surface area contributed by atoms with Crippen LogP contribution in [0.1, 0.15) is 37.7 Å². The maximum absolute atomic E-state index is 13.1. The molecule has 1 aromatic carbocycles. The number of aromatic hydroxyl groups is 1. The van der Waals surface area contributed by atoms with Crippen LogP contribution >= 0.6 is 11.8 Å². The topological polar surface area (TPSA) is 245 Å². The zero-order valence-corrected chi connectivity index (χ0v) is 22.1. The van der Waals surface area contributed by atoms with Gasteiger partial charge >= 0.3 is 17.9 Å². The molecule has 0 heterocycles. The molecule has 4 unspecified atom stereocenters. The van der Waals surface area contributed by atoms with Crippen molar-refractivity contribution in [2.45, 2.75) is 62.7 Å². The molecule has 1 aromatic rings. The molecule has 9 N–H and O–H groups in total. The second-order valence-electron chi connectivity index (χ2n) is 8.65. The molecule has 14 nitrogen and oxygen atoms in total. The van der Waals surface area contributed by atoms with Crippen LogP contribution in [0.25, 0.3) is 0 Å². The van der Waals surface area contributed by atoms with Crippen molar-refractivity contribution in [1.29, 1.82) is 0 Å². The second kappa shape index (κ2) is 16.9. The highest BCUT2D eigenvalue weighted by Gasteiger charge is 2.30. The van der Waals surface area contributed by atoms with E-state index in [4.69, 9.17) is 15.9 Å². The molecular formula is C24H34N4O10S. The fourth-order valence-corrected chi connectivity index (χ4v) is 3.84. The Bertz CT molecular complexity index is 1020. The van der Waals surface area contributed by atoms with Crippen molar-refractivity contribution in [2.24, 2.45) is 5.73 Å². The van der Waals surface area contributed by atoms with Crippen LogP contribution < -0.4 is 21.7 Å². The molecule has 0 saturated heterocycles. The summed E-state index contributed by atoms with van der Waals surface area (Å²) in [4.78, 5) is 72.0. The van der Waals surface area contributed by atoms with E-state index in [-0.39, 0.29) is 31.4 Å². The lowest BCUT2D eigenvalue weighted by molar-refractivity contribution is -0.143. The van der Waals surface area contributed by atoms with E-state index in [1.54, 1.807) is 18.4 Å². The smallest absolute Gasteiger partial charge is 0.326 e. The highest BCUT2D eigenvalue weighted by atomic mass is 32.2. The Labute approximate surface area is 228 Å². The Hall–Kier alpha value is -3.85. The highest BCUT2D eigenvalue weighted by molar-refractivity contribution is 7.98. The van der Waals surface area contributed by atoms with Crippen LogP contribution in [-0.2, 0) is 35.2 Å². The third-order valence-corrected chi connectivity index (χ3v) is 6.16. The summed E-state index contributed by atoms with van der Waals surface area (Å²) in [6.45, 7) is 0. The molecule has 15 heteroatoms. The van der Waals surface area contributed by atoms with Crippen molar-refractivity contribution < 1.29 is 49.2 Å². The molecule has 4 atom stereocenters. The van der Waals surface area contributed by atoms with Gasteiger partial charge in [-0.2, -0.15) is 11.8 Å². The number of nitrogens with one attached hydrogen (secondary N) is 3. The number of thioether (sulfide) groups is 1. The molecule has 0 aliphatic rings. The number of nitrogens with two attached hydrogens (primary N) is 1. The largest absolute Gasteiger partial charge is 0.508 e. The average Bonchev–Trinajstić information content (AvgIpc) is 2.87. The number of aliphatic carboxylic acids is 3. The number of carbonyl (C=O) groups is 6. The number of carboxylic acid groups (broad SMARTS) is 3. The predicted molar refractivity (Wildman–Crippen MR) is 140 cm³/mol. The second-order valence-corrected chi connectivity index (χ2v) is 9.63. The number of phenolic OH excluding ortho intramolecular Hbond substituents is 1. The monoisotopic (exact) mass is 570 g/mol. The van der Waals surface area contributed by atoms with Gasteiger partial charge in [0.05, 0.1) is 6.04 Å². The molecule has 0 fully saturated rings. The number of phenols is 1. The fourth-order valence-electron chi connectivity index (χ4n) is 3.37. The van der Waals surface area contributed by atoms with Gasteiger partial charge in [-0.1, -0.05) is 12.1 Å². The normalized spacial score (nSPS) is 13.8. The van der Waals surface area contributed by atoms with E-state index in [0.29, 0.717) is 11.3 Å². The van der Waals surface area contributed by atoms with Crippen LogP contribution in [0, 0.1) is 0 Å². The Morgan fingerprint density at radius 2 is 1.23 bits per heavy atom. The van der Waals surface area contributed by atoms with E-state index < -0.39 is 72.6 Å². The fraction of sp³-hybridized carbons (Fsp3) is 0.500. The van der Waals surface area contributed by atoms with Gasteiger partial charge in [0.25, 0.3) is 0 Å². The SMILES string of the molecule is CSCCC(NC(=O)C(CCC(=O)O)NC(=O)C(N)Cc1ccc(O)cc1)C(=O)NC(CCC(=O)O)C(=O)O. The summed E-state index contributed by atoms with van der Waals surface area (Å²) in [7, 11) is 0. The molecule has 0 aromatic heterocycles. The van der Waals surface area contributed by atoms with Crippen LogP contribution in [0.3, 0.4) is 0 Å². The van der Waals surface area contributed by atoms with Crippen LogP contribution in [-0.4, -0.2) is 92.2 Å². The first-order valence-corrected chi connectivity index (χ1v) is 13.3. The first-order chi connectivity index (χ1) is 18.3. The predicted octanol–water partition coefficient (Wildman–Crippen LogP) is -0.716. The van der Waals surface area contributed by atoms with E-state index in [1.807, 2.05) is 0 Å². The maximum atomic E-state index is 13.1. The molecule has 1 rings (SSSR count). The summed E-state index contributed by atoms with van der Waals surface area (Å²) in [6, 6.07) is 0.718.